The minimum absolute atomic E-state index is 0.0290. The van der Waals surface area contributed by atoms with Crippen molar-refractivity contribution >= 4 is 19.3 Å². The van der Waals surface area contributed by atoms with Gasteiger partial charge in [-0.1, -0.05) is 32.1 Å². The van der Waals surface area contributed by atoms with Gasteiger partial charge in [-0.05, 0) is 53.4 Å². The lowest BCUT2D eigenvalue weighted by Crippen LogP contribution is -2.41. The maximum Gasteiger partial charge on any atom is 0.345 e. The summed E-state index contributed by atoms with van der Waals surface area (Å²) in [7, 11) is -3.78. The van der Waals surface area contributed by atoms with Gasteiger partial charge in [-0.3, -0.25) is 9.36 Å². The van der Waals surface area contributed by atoms with Crippen LogP contribution in [0.25, 0.3) is 0 Å². The lowest BCUT2D eigenvalue weighted by molar-refractivity contribution is -0.156. The van der Waals surface area contributed by atoms with E-state index in [4.69, 9.17) is 13.8 Å². The Balaban J connectivity index is 3.37. The zero-order valence-electron chi connectivity index (χ0n) is 17.8. The van der Waals surface area contributed by atoms with Crippen molar-refractivity contribution in [2.75, 3.05) is 13.2 Å². The highest BCUT2D eigenvalue weighted by molar-refractivity contribution is 7.55. The Morgan fingerprint density at radius 1 is 1.04 bits per heavy atom. The quantitative estimate of drug-likeness (QED) is 0.371. The summed E-state index contributed by atoms with van der Waals surface area (Å²) in [5.74, 6) is -0.890. The third-order valence-electron chi connectivity index (χ3n) is 4.79. The highest BCUT2D eigenvalue weighted by atomic mass is 31.2. The van der Waals surface area contributed by atoms with Crippen molar-refractivity contribution in [3.63, 3.8) is 0 Å². The zero-order chi connectivity index (χ0) is 20.7. The van der Waals surface area contributed by atoms with E-state index in [0.29, 0.717) is 0 Å². The minimum atomic E-state index is -3.78. The molecule has 1 fully saturated rings. The largest absolute Gasteiger partial charge is 0.459 e. The van der Waals surface area contributed by atoms with E-state index in [9.17, 15) is 14.2 Å². The van der Waals surface area contributed by atoms with Crippen molar-refractivity contribution in [3.05, 3.63) is 0 Å². The van der Waals surface area contributed by atoms with Gasteiger partial charge < -0.3 is 18.6 Å². The van der Waals surface area contributed by atoms with Crippen LogP contribution >= 0.6 is 7.60 Å². The first-order chi connectivity index (χ1) is 12.5. The van der Waals surface area contributed by atoms with E-state index in [1.165, 1.54) is 6.92 Å². The molecule has 158 valence electrons. The lowest BCUT2D eigenvalue weighted by Gasteiger charge is -2.38. The molecule has 0 amide bonds. The van der Waals surface area contributed by atoms with E-state index in [1.807, 2.05) is 0 Å². The summed E-state index contributed by atoms with van der Waals surface area (Å²) in [5, 5.41) is 0. The second-order valence-corrected chi connectivity index (χ2v) is 10.5. The van der Waals surface area contributed by atoms with Crippen LogP contribution in [-0.2, 0) is 27.9 Å². The van der Waals surface area contributed by atoms with Crippen LogP contribution in [-0.4, -0.2) is 36.2 Å². The normalized spacial score (nSPS) is 18.7. The molecule has 0 spiro atoms. The van der Waals surface area contributed by atoms with Crippen LogP contribution in [0.2, 0.25) is 0 Å². The van der Waals surface area contributed by atoms with Crippen molar-refractivity contribution in [2.24, 2.45) is 11.8 Å². The fourth-order valence-corrected chi connectivity index (χ4v) is 6.13. The Kier molecular flexibility index (Phi) is 9.67. The molecule has 0 heterocycles. The van der Waals surface area contributed by atoms with Gasteiger partial charge in [0.05, 0.1) is 13.2 Å². The van der Waals surface area contributed by atoms with Crippen LogP contribution < -0.4 is 0 Å². The number of rotatable bonds is 10. The van der Waals surface area contributed by atoms with Crippen LogP contribution in [0.1, 0.15) is 80.1 Å². The Morgan fingerprint density at radius 3 is 1.96 bits per heavy atom. The molecule has 1 aliphatic carbocycles. The van der Waals surface area contributed by atoms with Crippen LogP contribution in [0.15, 0.2) is 0 Å². The standard InChI is InChI=1S/C20H37O6P/c1-7-24-27(23,25-8-2)18(19(22)26-20(4,5)6)17(14-15(3)21)16-12-10-9-11-13-16/h16-18H,7-14H2,1-6H3. The van der Waals surface area contributed by atoms with Gasteiger partial charge in [0.2, 0.25) is 0 Å². The lowest BCUT2D eigenvalue weighted by atomic mass is 9.76. The van der Waals surface area contributed by atoms with Gasteiger partial charge in [0.25, 0.3) is 0 Å². The molecule has 1 aliphatic rings. The molecule has 0 radical (unpaired) electrons. The van der Waals surface area contributed by atoms with Gasteiger partial charge in [-0.2, -0.15) is 0 Å². The number of carbonyl (C=O) groups is 2. The Bertz CT molecular complexity index is 523. The summed E-state index contributed by atoms with van der Waals surface area (Å²) in [6.07, 6.45) is 5.25. The van der Waals surface area contributed by atoms with E-state index >= 15 is 0 Å². The van der Waals surface area contributed by atoms with E-state index in [-0.39, 0.29) is 31.3 Å². The molecular formula is C20H37O6P. The summed E-state index contributed by atoms with van der Waals surface area (Å²) < 4.78 is 30.3. The van der Waals surface area contributed by atoms with Gasteiger partial charge >= 0.3 is 13.6 Å². The van der Waals surface area contributed by atoms with Crippen LogP contribution in [0.4, 0.5) is 0 Å². The average Bonchev–Trinajstić information content (AvgIpc) is 2.53. The summed E-state index contributed by atoms with van der Waals surface area (Å²) in [5.41, 5.74) is -1.81. The topological polar surface area (TPSA) is 78.9 Å². The van der Waals surface area contributed by atoms with Gasteiger partial charge in [-0.15, -0.1) is 0 Å². The number of carbonyl (C=O) groups excluding carboxylic acids is 2. The van der Waals surface area contributed by atoms with E-state index in [1.54, 1.807) is 34.6 Å². The number of hydrogen-bond donors (Lipinski definition) is 0. The van der Waals surface area contributed by atoms with Gasteiger partial charge in [0.15, 0.2) is 5.66 Å². The minimum Gasteiger partial charge on any atom is -0.459 e. The summed E-state index contributed by atoms with van der Waals surface area (Å²) in [6, 6.07) is 0. The number of ketones is 1. The molecule has 0 aromatic rings. The molecule has 1 rings (SSSR count). The van der Waals surface area contributed by atoms with E-state index in [2.05, 4.69) is 0 Å². The number of Topliss-reactive ketones (excluding diaryl/α,β-unsaturated/α-hetero) is 1. The van der Waals surface area contributed by atoms with Crippen molar-refractivity contribution in [1.29, 1.82) is 0 Å². The zero-order valence-corrected chi connectivity index (χ0v) is 18.7. The van der Waals surface area contributed by atoms with Crippen LogP contribution in [0.5, 0.6) is 0 Å². The number of ether oxygens (including phenoxy) is 1. The molecule has 0 bridgehead atoms. The number of hydrogen-bond acceptors (Lipinski definition) is 6. The molecule has 27 heavy (non-hydrogen) atoms. The Morgan fingerprint density at radius 2 is 1.56 bits per heavy atom. The third kappa shape index (κ3) is 7.67. The van der Waals surface area contributed by atoms with Gasteiger partial charge in [-0.25, -0.2) is 0 Å². The van der Waals surface area contributed by atoms with Crippen LogP contribution in [0, 0.1) is 11.8 Å². The molecule has 7 heteroatoms. The molecule has 0 aromatic carbocycles. The monoisotopic (exact) mass is 404 g/mol. The Hall–Kier alpha value is -0.710. The smallest absolute Gasteiger partial charge is 0.345 e. The molecule has 0 N–H and O–H groups in total. The molecule has 2 atom stereocenters. The van der Waals surface area contributed by atoms with Crippen molar-refractivity contribution in [3.8, 4) is 0 Å². The maximum absolute atomic E-state index is 13.6. The molecular weight excluding hydrogens is 367 g/mol. The predicted octanol–water partition coefficient (Wildman–Crippen LogP) is 5.14. The first-order valence-electron chi connectivity index (χ1n) is 10.1. The molecule has 1 saturated carbocycles. The molecule has 0 saturated heterocycles. The van der Waals surface area contributed by atoms with Crippen molar-refractivity contribution in [1.82, 2.24) is 0 Å². The van der Waals surface area contributed by atoms with Gasteiger partial charge in [0, 0.05) is 6.42 Å². The molecule has 0 aromatic heterocycles. The molecule has 2 unspecified atom stereocenters. The highest BCUT2D eigenvalue weighted by Gasteiger charge is 2.50. The first-order valence-corrected chi connectivity index (χ1v) is 11.8. The summed E-state index contributed by atoms with van der Waals surface area (Å²) in [4.78, 5) is 25.2. The fraction of sp³-hybridized carbons (Fsp3) is 0.900. The van der Waals surface area contributed by atoms with Crippen molar-refractivity contribution < 1.29 is 27.9 Å². The first kappa shape index (κ1) is 24.3. The van der Waals surface area contributed by atoms with E-state index < -0.39 is 30.7 Å². The average molecular weight is 404 g/mol. The van der Waals surface area contributed by atoms with Gasteiger partial charge in [0.1, 0.15) is 11.4 Å². The fourth-order valence-electron chi connectivity index (χ4n) is 3.89. The second kappa shape index (κ2) is 10.7. The Labute approximate surface area is 164 Å². The third-order valence-corrected chi connectivity index (χ3v) is 7.30. The predicted molar refractivity (Wildman–Crippen MR) is 106 cm³/mol. The maximum atomic E-state index is 13.6. The summed E-state index contributed by atoms with van der Waals surface area (Å²) >= 11 is 0. The van der Waals surface area contributed by atoms with Crippen molar-refractivity contribution in [2.45, 2.75) is 91.3 Å². The van der Waals surface area contributed by atoms with Crippen LogP contribution in [0.3, 0.4) is 0 Å². The molecule has 6 nitrogen and oxygen atoms in total. The SMILES string of the molecule is CCOP(=O)(OCC)C(C(=O)OC(C)(C)C)C(CC(C)=O)C1CCCCC1. The highest BCUT2D eigenvalue weighted by Crippen LogP contribution is 2.58. The second-order valence-electron chi connectivity index (χ2n) is 8.32. The van der Waals surface area contributed by atoms with E-state index in [0.717, 1.165) is 32.1 Å². The summed E-state index contributed by atoms with van der Waals surface area (Å²) in [6.45, 7) is 10.6. The molecule has 0 aliphatic heterocycles. The number of esters is 1.